The van der Waals surface area contributed by atoms with Crippen LogP contribution in [0, 0.1) is 0 Å². The number of nitrogens with one attached hydrogen (secondary N) is 2. The molecule has 0 saturated carbocycles. The highest BCUT2D eigenvalue weighted by molar-refractivity contribution is 5.92. The molecular weight excluding hydrogens is 264 g/mol. The smallest absolute Gasteiger partial charge is 0.270 e. The molecule has 0 aliphatic heterocycles. The fourth-order valence-corrected chi connectivity index (χ4v) is 1.74. The summed E-state index contributed by atoms with van der Waals surface area (Å²) in [6, 6.07) is 7.64. The minimum absolute atomic E-state index is 0.136. The number of aromatic nitrogens is 2. The lowest BCUT2D eigenvalue weighted by molar-refractivity contribution is 0.0934. The quantitative estimate of drug-likeness (QED) is 0.855. The molecule has 21 heavy (non-hydrogen) atoms. The number of carbonyl (C=O) groups excluding carboxylic acids is 1. The molecule has 0 bridgehead atoms. The van der Waals surface area contributed by atoms with Crippen LogP contribution >= 0.6 is 0 Å². The van der Waals surface area contributed by atoms with Gasteiger partial charge in [-0.05, 0) is 37.1 Å². The van der Waals surface area contributed by atoms with Crippen molar-refractivity contribution in [3.63, 3.8) is 0 Å². The van der Waals surface area contributed by atoms with Crippen LogP contribution < -0.4 is 10.6 Å². The zero-order valence-electron chi connectivity index (χ0n) is 12.3. The molecule has 2 aromatic heterocycles. The molecule has 5 heteroatoms. The molecule has 0 spiro atoms. The molecule has 2 N–H and O–H groups in total. The summed E-state index contributed by atoms with van der Waals surface area (Å²) in [7, 11) is 0. The average Bonchev–Trinajstić information content (AvgIpc) is 2.54. The van der Waals surface area contributed by atoms with Crippen molar-refractivity contribution in [3.05, 3.63) is 54.1 Å². The van der Waals surface area contributed by atoms with Crippen LogP contribution in [-0.4, -0.2) is 21.9 Å². The average molecular weight is 284 g/mol. The molecule has 0 aliphatic rings. The lowest BCUT2D eigenvalue weighted by Gasteiger charge is -2.11. The fraction of sp³-hybridized carbons (Fsp3) is 0.312. The number of amides is 1. The summed E-state index contributed by atoms with van der Waals surface area (Å²) in [5.41, 5.74) is 2.40. The molecule has 0 aromatic carbocycles. The van der Waals surface area contributed by atoms with E-state index in [1.54, 1.807) is 18.5 Å². The summed E-state index contributed by atoms with van der Waals surface area (Å²) < 4.78 is 0. The Morgan fingerprint density at radius 1 is 1.29 bits per heavy atom. The number of rotatable bonds is 6. The molecule has 110 valence electrons. The first kappa shape index (κ1) is 15.0. The maximum absolute atomic E-state index is 11.9. The minimum atomic E-state index is -0.136. The molecule has 1 unspecified atom stereocenters. The van der Waals surface area contributed by atoms with Crippen LogP contribution in [0.1, 0.15) is 36.3 Å². The first-order valence-electron chi connectivity index (χ1n) is 7.08. The predicted molar refractivity (Wildman–Crippen MR) is 83.0 cm³/mol. The summed E-state index contributed by atoms with van der Waals surface area (Å²) in [6.07, 6.45) is 6.13. The molecule has 2 aromatic rings. The standard InChI is InChI=1S/C16H20N4O/c1-3-12(2)20-16(21)15-7-6-14(11-19-15)18-10-13-5-4-8-17-9-13/h4-9,11-12,18H,3,10H2,1-2H3,(H,20,21). The van der Waals surface area contributed by atoms with Gasteiger partial charge in [-0.2, -0.15) is 0 Å². The van der Waals surface area contributed by atoms with E-state index < -0.39 is 0 Å². The maximum atomic E-state index is 11.9. The van der Waals surface area contributed by atoms with Gasteiger partial charge in [-0.1, -0.05) is 13.0 Å². The zero-order valence-corrected chi connectivity index (χ0v) is 12.3. The van der Waals surface area contributed by atoms with Gasteiger partial charge in [0.15, 0.2) is 0 Å². The monoisotopic (exact) mass is 284 g/mol. The summed E-state index contributed by atoms with van der Waals surface area (Å²) in [6.45, 7) is 4.68. The predicted octanol–water partition coefficient (Wildman–Crippen LogP) is 2.62. The van der Waals surface area contributed by atoms with Gasteiger partial charge in [0.1, 0.15) is 5.69 Å². The van der Waals surface area contributed by atoms with Crippen molar-refractivity contribution in [2.45, 2.75) is 32.9 Å². The highest BCUT2D eigenvalue weighted by Gasteiger charge is 2.09. The SMILES string of the molecule is CCC(C)NC(=O)c1ccc(NCc2cccnc2)cn1. The Morgan fingerprint density at radius 3 is 2.76 bits per heavy atom. The molecule has 0 saturated heterocycles. The van der Waals surface area contributed by atoms with E-state index in [-0.39, 0.29) is 11.9 Å². The van der Waals surface area contributed by atoms with Crippen molar-refractivity contribution in [3.8, 4) is 0 Å². The van der Waals surface area contributed by atoms with Gasteiger partial charge in [0.2, 0.25) is 0 Å². The van der Waals surface area contributed by atoms with Crippen LogP contribution in [0.3, 0.4) is 0 Å². The van der Waals surface area contributed by atoms with E-state index in [4.69, 9.17) is 0 Å². The van der Waals surface area contributed by atoms with Crippen molar-refractivity contribution < 1.29 is 4.79 Å². The van der Waals surface area contributed by atoms with E-state index in [2.05, 4.69) is 20.6 Å². The second kappa shape index (κ2) is 7.38. The highest BCUT2D eigenvalue weighted by Crippen LogP contribution is 2.08. The van der Waals surface area contributed by atoms with Crippen molar-refractivity contribution in [1.82, 2.24) is 15.3 Å². The Balaban J connectivity index is 1.91. The number of carbonyl (C=O) groups is 1. The van der Waals surface area contributed by atoms with Crippen LogP contribution in [-0.2, 0) is 6.54 Å². The Bertz CT molecular complexity index is 569. The van der Waals surface area contributed by atoms with E-state index in [1.165, 1.54) is 0 Å². The largest absolute Gasteiger partial charge is 0.380 e. The second-order valence-electron chi connectivity index (χ2n) is 4.93. The van der Waals surface area contributed by atoms with Gasteiger partial charge in [-0.15, -0.1) is 0 Å². The Morgan fingerprint density at radius 2 is 2.14 bits per heavy atom. The second-order valence-corrected chi connectivity index (χ2v) is 4.93. The van der Waals surface area contributed by atoms with E-state index in [1.807, 2.05) is 38.2 Å². The normalized spacial score (nSPS) is 11.7. The van der Waals surface area contributed by atoms with Crippen LogP contribution in [0.15, 0.2) is 42.9 Å². The lowest BCUT2D eigenvalue weighted by atomic mass is 10.2. The molecule has 5 nitrogen and oxygen atoms in total. The van der Waals surface area contributed by atoms with Gasteiger partial charge < -0.3 is 10.6 Å². The van der Waals surface area contributed by atoms with Crippen molar-refractivity contribution >= 4 is 11.6 Å². The minimum Gasteiger partial charge on any atom is -0.380 e. The molecule has 2 heterocycles. The summed E-state index contributed by atoms with van der Waals surface area (Å²) in [5.74, 6) is -0.136. The topological polar surface area (TPSA) is 66.9 Å². The number of hydrogen-bond acceptors (Lipinski definition) is 4. The summed E-state index contributed by atoms with van der Waals surface area (Å²) >= 11 is 0. The number of hydrogen-bond donors (Lipinski definition) is 2. The van der Waals surface area contributed by atoms with E-state index >= 15 is 0 Å². The Kier molecular flexibility index (Phi) is 5.26. The Hall–Kier alpha value is -2.43. The molecule has 1 atom stereocenters. The van der Waals surface area contributed by atoms with Gasteiger partial charge in [0.05, 0.1) is 11.9 Å². The zero-order chi connectivity index (χ0) is 15.1. The van der Waals surface area contributed by atoms with Gasteiger partial charge in [-0.3, -0.25) is 9.78 Å². The van der Waals surface area contributed by atoms with Gasteiger partial charge in [-0.25, -0.2) is 4.98 Å². The molecular formula is C16H20N4O. The third-order valence-electron chi connectivity index (χ3n) is 3.21. The van der Waals surface area contributed by atoms with Crippen molar-refractivity contribution in [2.24, 2.45) is 0 Å². The first-order chi connectivity index (χ1) is 10.2. The highest BCUT2D eigenvalue weighted by atomic mass is 16.1. The van der Waals surface area contributed by atoms with Gasteiger partial charge in [0.25, 0.3) is 5.91 Å². The molecule has 1 amide bonds. The lowest BCUT2D eigenvalue weighted by Crippen LogP contribution is -2.32. The summed E-state index contributed by atoms with van der Waals surface area (Å²) in [4.78, 5) is 20.2. The molecule has 0 fully saturated rings. The van der Waals surface area contributed by atoms with Crippen LogP contribution in [0.25, 0.3) is 0 Å². The molecule has 0 aliphatic carbocycles. The number of pyridine rings is 2. The molecule has 2 rings (SSSR count). The third kappa shape index (κ3) is 4.56. The van der Waals surface area contributed by atoms with Crippen molar-refractivity contribution in [2.75, 3.05) is 5.32 Å². The van der Waals surface area contributed by atoms with Crippen LogP contribution in [0.5, 0.6) is 0 Å². The van der Waals surface area contributed by atoms with Crippen LogP contribution in [0.4, 0.5) is 5.69 Å². The first-order valence-corrected chi connectivity index (χ1v) is 7.08. The van der Waals surface area contributed by atoms with Crippen LogP contribution in [0.2, 0.25) is 0 Å². The van der Waals surface area contributed by atoms with E-state index in [9.17, 15) is 4.79 Å². The summed E-state index contributed by atoms with van der Waals surface area (Å²) in [5, 5.41) is 6.14. The maximum Gasteiger partial charge on any atom is 0.270 e. The van der Waals surface area contributed by atoms with Crippen molar-refractivity contribution in [1.29, 1.82) is 0 Å². The third-order valence-corrected chi connectivity index (χ3v) is 3.21. The van der Waals surface area contributed by atoms with E-state index in [0.29, 0.717) is 12.2 Å². The van der Waals surface area contributed by atoms with Gasteiger partial charge >= 0.3 is 0 Å². The Labute approximate surface area is 124 Å². The molecule has 0 radical (unpaired) electrons. The van der Waals surface area contributed by atoms with E-state index in [0.717, 1.165) is 17.7 Å². The fourth-order valence-electron chi connectivity index (χ4n) is 1.74. The number of nitrogens with zero attached hydrogens (tertiary/aromatic N) is 2. The van der Waals surface area contributed by atoms with Gasteiger partial charge in [0, 0.05) is 25.0 Å². The number of anilines is 1.